The average Bonchev–Trinajstić information content (AvgIpc) is 2.86. The van der Waals surface area contributed by atoms with E-state index in [2.05, 4.69) is 37.2 Å². The van der Waals surface area contributed by atoms with Crippen LogP contribution in [-0.2, 0) is 6.54 Å². The summed E-state index contributed by atoms with van der Waals surface area (Å²) >= 11 is 5.42. The van der Waals surface area contributed by atoms with E-state index in [0.717, 1.165) is 12.6 Å². The predicted octanol–water partition coefficient (Wildman–Crippen LogP) is 3.96. The number of piperidine rings is 2. The lowest BCUT2D eigenvalue weighted by molar-refractivity contribution is 0.0901. The van der Waals surface area contributed by atoms with Gasteiger partial charge in [0.05, 0.1) is 0 Å². The van der Waals surface area contributed by atoms with Crippen LogP contribution in [0.1, 0.15) is 37.0 Å². The summed E-state index contributed by atoms with van der Waals surface area (Å²) in [6.07, 6.45) is 7.02. The molecule has 19 heavy (non-hydrogen) atoms. The smallest absolute Gasteiger partial charge is 0.0328 e. The van der Waals surface area contributed by atoms with E-state index in [0.29, 0.717) is 0 Å². The Kier molecular flexibility index (Phi) is 4.96. The molecule has 4 heteroatoms. The fourth-order valence-electron chi connectivity index (χ4n) is 3.38. The topological polar surface area (TPSA) is 6.48 Å². The first-order chi connectivity index (χ1) is 9.31. The summed E-state index contributed by atoms with van der Waals surface area (Å²) in [5.41, 5.74) is 0. The highest BCUT2D eigenvalue weighted by atomic mass is 79.9. The molecule has 1 aromatic rings. The number of nitrogens with zero attached hydrogens (tertiary/aromatic N) is 2. The minimum absolute atomic E-state index is 0.867. The largest absolute Gasteiger partial charge is 0.300 e. The van der Waals surface area contributed by atoms with E-state index in [9.17, 15) is 0 Å². The van der Waals surface area contributed by atoms with Gasteiger partial charge in [0.15, 0.2) is 0 Å². The quantitative estimate of drug-likeness (QED) is 0.820. The van der Waals surface area contributed by atoms with Crippen LogP contribution in [0.4, 0.5) is 0 Å². The van der Waals surface area contributed by atoms with Gasteiger partial charge in [0.2, 0.25) is 0 Å². The maximum Gasteiger partial charge on any atom is 0.0328 e. The molecule has 0 unspecified atom stereocenters. The molecule has 0 aromatic carbocycles. The Morgan fingerprint density at radius 2 is 1.84 bits per heavy atom. The summed E-state index contributed by atoms with van der Waals surface area (Å²) in [7, 11) is 0. The highest BCUT2D eigenvalue weighted by Gasteiger charge is 2.25. The molecule has 2 aliphatic heterocycles. The summed E-state index contributed by atoms with van der Waals surface area (Å²) in [5.74, 6) is 0. The first kappa shape index (κ1) is 14.1. The van der Waals surface area contributed by atoms with Crippen LogP contribution in [-0.4, -0.2) is 42.0 Å². The summed E-state index contributed by atoms with van der Waals surface area (Å²) in [6.45, 7) is 6.39. The highest BCUT2D eigenvalue weighted by Crippen LogP contribution is 2.25. The van der Waals surface area contributed by atoms with Crippen molar-refractivity contribution < 1.29 is 0 Å². The highest BCUT2D eigenvalue weighted by molar-refractivity contribution is 9.10. The van der Waals surface area contributed by atoms with Crippen LogP contribution in [0.5, 0.6) is 0 Å². The SMILES string of the molecule is Brc1csc(CN2CCC(N3CCCCC3)CC2)c1. The van der Waals surface area contributed by atoms with E-state index < -0.39 is 0 Å². The Morgan fingerprint density at radius 1 is 1.11 bits per heavy atom. The summed E-state index contributed by atoms with van der Waals surface area (Å²) < 4.78 is 1.23. The van der Waals surface area contributed by atoms with Crippen LogP contribution in [0, 0.1) is 0 Å². The van der Waals surface area contributed by atoms with Crippen molar-refractivity contribution in [3.05, 3.63) is 20.8 Å². The van der Waals surface area contributed by atoms with Gasteiger partial charge >= 0.3 is 0 Å². The van der Waals surface area contributed by atoms with Crippen LogP contribution in [0.15, 0.2) is 15.9 Å². The second kappa shape index (κ2) is 6.70. The monoisotopic (exact) mass is 342 g/mol. The molecular weight excluding hydrogens is 320 g/mol. The zero-order chi connectivity index (χ0) is 13.1. The van der Waals surface area contributed by atoms with Crippen LogP contribution in [0.25, 0.3) is 0 Å². The number of hydrogen-bond acceptors (Lipinski definition) is 3. The molecule has 106 valence electrons. The van der Waals surface area contributed by atoms with E-state index in [1.807, 2.05) is 11.3 Å². The fraction of sp³-hybridized carbons (Fsp3) is 0.733. The predicted molar refractivity (Wildman–Crippen MR) is 85.7 cm³/mol. The van der Waals surface area contributed by atoms with Gasteiger partial charge in [0.25, 0.3) is 0 Å². The maximum absolute atomic E-state index is 3.54. The van der Waals surface area contributed by atoms with Gasteiger partial charge in [-0.3, -0.25) is 4.90 Å². The summed E-state index contributed by atoms with van der Waals surface area (Å²) in [5, 5.41) is 2.19. The van der Waals surface area contributed by atoms with E-state index in [-0.39, 0.29) is 0 Å². The third kappa shape index (κ3) is 3.81. The summed E-state index contributed by atoms with van der Waals surface area (Å²) in [4.78, 5) is 6.87. The molecule has 0 radical (unpaired) electrons. The van der Waals surface area contributed by atoms with Gasteiger partial charge < -0.3 is 4.90 Å². The molecule has 2 nitrogen and oxygen atoms in total. The minimum atomic E-state index is 0.867. The number of rotatable bonds is 3. The van der Waals surface area contributed by atoms with Crippen molar-refractivity contribution in [1.82, 2.24) is 9.80 Å². The van der Waals surface area contributed by atoms with Crippen molar-refractivity contribution in [1.29, 1.82) is 0 Å². The van der Waals surface area contributed by atoms with Gasteiger partial charge in [-0.1, -0.05) is 6.42 Å². The van der Waals surface area contributed by atoms with Crippen LogP contribution in [0.2, 0.25) is 0 Å². The van der Waals surface area contributed by atoms with E-state index in [4.69, 9.17) is 0 Å². The average molecular weight is 343 g/mol. The van der Waals surface area contributed by atoms with Gasteiger partial charge in [-0.2, -0.15) is 0 Å². The van der Waals surface area contributed by atoms with Crippen molar-refractivity contribution >= 4 is 27.3 Å². The third-order valence-electron chi connectivity index (χ3n) is 4.47. The molecule has 0 amide bonds. The van der Waals surface area contributed by atoms with Gasteiger partial charge in [-0.15, -0.1) is 11.3 Å². The molecule has 0 atom stereocenters. The lowest BCUT2D eigenvalue weighted by Gasteiger charge is -2.40. The van der Waals surface area contributed by atoms with Crippen molar-refractivity contribution in [3.63, 3.8) is 0 Å². The Morgan fingerprint density at radius 3 is 2.47 bits per heavy atom. The molecule has 3 heterocycles. The molecule has 0 aliphatic carbocycles. The number of likely N-dealkylation sites (tertiary alicyclic amines) is 2. The standard InChI is InChI=1S/C15H23BrN2S/c16-13-10-15(19-12-13)11-17-8-4-14(5-9-17)18-6-2-1-3-7-18/h10,12,14H,1-9,11H2. The van der Waals surface area contributed by atoms with Crippen molar-refractivity contribution in [2.75, 3.05) is 26.2 Å². The molecule has 1 aromatic heterocycles. The third-order valence-corrected chi connectivity index (χ3v) is 6.15. The molecule has 0 bridgehead atoms. The lowest BCUT2D eigenvalue weighted by atomic mass is 10.00. The first-order valence-electron chi connectivity index (χ1n) is 7.50. The molecule has 0 N–H and O–H groups in total. The van der Waals surface area contributed by atoms with Crippen LogP contribution >= 0.6 is 27.3 Å². The van der Waals surface area contributed by atoms with E-state index >= 15 is 0 Å². The molecule has 2 aliphatic rings. The van der Waals surface area contributed by atoms with Gasteiger partial charge in [0.1, 0.15) is 0 Å². The van der Waals surface area contributed by atoms with Gasteiger partial charge in [-0.05, 0) is 60.8 Å². The second-order valence-corrected chi connectivity index (χ2v) is 7.75. The Hall–Kier alpha value is 0.1000. The fourth-order valence-corrected chi connectivity index (χ4v) is 4.88. The van der Waals surface area contributed by atoms with Crippen LogP contribution in [0.3, 0.4) is 0 Å². The molecular formula is C15H23BrN2S. The molecule has 0 spiro atoms. The number of halogens is 1. The van der Waals surface area contributed by atoms with Crippen LogP contribution < -0.4 is 0 Å². The maximum atomic E-state index is 3.54. The molecule has 2 saturated heterocycles. The zero-order valence-corrected chi connectivity index (χ0v) is 13.9. The second-order valence-electron chi connectivity index (χ2n) is 5.84. The summed E-state index contributed by atoms with van der Waals surface area (Å²) in [6, 6.07) is 3.13. The van der Waals surface area contributed by atoms with E-state index in [1.54, 1.807) is 0 Å². The molecule has 3 rings (SSSR count). The lowest BCUT2D eigenvalue weighted by Crippen LogP contribution is -2.46. The van der Waals surface area contributed by atoms with E-state index in [1.165, 1.54) is 67.6 Å². The van der Waals surface area contributed by atoms with Gasteiger partial charge in [0, 0.05) is 40.4 Å². The minimum Gasteiger partial charge on any atom is -0.300 e. The zero-order valence-electron chi connectivity index (χ0n) is 11.5. The Balaban J connectivity index is 1.46. The number of hydrogen-bond donors (Lipinski definition) is 0. The van der Waals surface area contributed by atoms with Crippen molar-refractivity contribution in [2.45, 2.75) is 44.7 Å². The molecule has 2 fully saturated rings. The normalized spacial score (nSPS) is 23.8. The Bertz CT molecular complexity index is 393. The Labute approximate surface area is 128 Å². The van der Waals surface area contributed by atoms with Crippen molar-refractivity contribution in [3.8, 4) is 0 Å². The van der Waals surface area contributed by atoms with Crippen molar-refractivity contribution in [2.24, 2.45) is 0 Å². The number of thiophene rings is 1. The molecule has 0 saturated carbocycles. The first-order valence-corrected chi connectivity index (χ1v) is 9.18. The van der Waals surface area contributed by atoms with Gasteiger partial charge in [-0.25, -0.2) is 0 Å².